The summed E-state index contributed by atoms with van der Waals surface area (Å²) >= 11 is 0. The zero-order chi connectivity index (χ0) is 17.8. The lowest BCUT2D eigenvalue weighted by atomic mass is 10.0. The van der Waals surface area contributed by atoms with Gasteiger partial charge in [-0.2, -0.15) is 0 Å². The molecule has 0 saturated heterocycles. The van der Waals surface area contributed by atoms with Crippen LogP contribution in [-0.2, 0) is 19.2 Å². The van der Waals surface area contributed by atoms with Gasteiger partial charge in [-0.3, -0.25) is 0 Å². The Morgan fingerprint density at radius 2 is 1.57 bits per heavy atom. The predicted octanol–water partition coefficient (Wildman–Crippen LogP) is 5.42. The van der Waals surface area contributed by atoms with Crippen molar-refractivity contribution in [3.05, 3.63) is 0 Å². The molecule has 0 aliphatic heterocycles. The predicted molar refractivity (Wildman–Crippen MR) is 91.3 cm³/mol. The van der Waals surface area contributed by atoms with Gasteiger partial charge in [0.1, 0.15) is 12.2 Å². The average molecular weight is 332 g/mol. The first-order valence-corrected chi connectivity index (χ1v) is 8.89. The molecule has 0 aliphatic rings. The summed E-state index contributed by atoms with van der Waals surface area (Å²) in [6.45, 7) is 12.4. The second kappa shape index (κ2) is 11.7. The van der Waals surface area contributed by atoms with Gasteiger partial charge in [-0.15, -0.1) is 0 Å². The molecule has 138 valence electrons. The van der Waals surface area contributed by atoms with Gasteiger partial charge in [0.15, 0.2) is 0 Å². The summed E-state index contributed by atoms with van der Waals surface area (Å²) in [5.74, 6) is 0. The van der Waals surface area contributed by atoms with E-state index in [9.17, 15) is 4.79 Å². The first-order valence-electron chi connectivity index (χ1n) is 8.89. The molecular weight excluding hydrogens is 296 g/mol. The second-order valence-electron chi connectivity index (χ2n) is 7.27. The van der Waals surface area contributed by atoms with Crippen molar-refractivity contribution < 1.29 is 24.0 Å². The summed E-state index contributed by atoms with van der Waals surface area (Å²) in [6.07, 6.45) is 6.30. The molecule has 0 radical (unpaired) electrons. The Balaban J connectivity index is 4.26. The van der Waals surface area contributed by atoms with E-state index in [1.165, 1.54) is 0 Å². The fraction of sp³-hybridized carbons (Fsp3) is 0.944. The van der Waals surface area contributed by atoms with Crippen molar-refractivity contribution in [1.29, 1.82) is 0 Å². The van der Waals surface area contributed by atoms with Crippen LogP contribution in [0.3, 0.4) is 0 Å². The topological polar surface area (TPSA) is 54.0 Å². The van der Waals surface area contributed by atoms with Crippen LogP contribution in [-0.4, -0.2) is 30.6 Å². The van der Waals surface area contributed by atoms with E-state index in [0.29, 0.717) is 13.0 Å². The maximum absolute atomic E-state index is 11.9. The van der Waals surface area contributed by atoms with E-state index in [2.05, 4.69) is 13.8 Å². The number of unbranched alkanes of at least 4 members (excludes halogenated alkanes) is 4. The zero-order valence-electron chi connectivity index (χ0n) is 15.9. The number of rotatable bonds is 12. The first-order chi connectivity index (χ1) is 10.7. The summed E-state index contributed by atoms with van der Waals surface area (Å²) in [7, 11) is 0. The van der Waals surface area contributed by atoms with Crippen LogP contribution in [0, 0.1) is 0 Å². The molecular formula is C18H36O5. The quantitative estimate of drug-likeness (QED) is 0.207. The van der Waals surface area contributed by atoms with Gasteiger partial charge in [0.2, 0.25) is 0 Å². The van der Waals surface area contributed by atoms with E-state index >= 15 is 0 Å². The molecule has 1 unspecified atom stereocenters. The van der Waals surface area contributed by atoms with Gasteiger partial charge in [-0.05, 0) is 47.0 Å². The molecule has 0 saturated carbocycles. The minimum Gasteiger partial charge on any atom is -0.434 e. The number of hydrogen-bond donors (Lipinski definition) is 0. The van der Waals surface area contributed by atoms with Crippen LogP contribution in [0.1, 0.15) is 86.5 Å². The molecule has 0 amide bonds. The Hall–Kier alpha value is -0.810. The van der Waals surface area contributed by atoms with Crippen LogP contribution in [0.5, 0.6) is 0 Å². The molecule has 5 nitrogen and oxygen atoms in total. The van der Waals surface area contributed by atoms with Crippen molar-refractivity contribution in [2.45, 2.75) is 97.7 Å². The molecule has 0 aromatic rings. The highest BCUT2D eigenvalue weighted by molar-refractivity contribution is 5.60. The van der Waals surface area contributed by atoms with E-state index in [-0.39, 0.29) is 6.61 Å². The fourth-order valence-electron chi connectivity index (χ4n) is 1.95. The third-order valence-corrected chi connectivity index (χ3v) is 3.28. The van der Waals surface area contributed by atoms with Crippen LogP contribution in [0.4, 0.5) is 4.79 Å². The Labute approximate surface area is 141 Å². The molecule has 0 N–H and O–H groups in total. The Kier molecular flexibility index (Phi) is 11.3. The zero-order valence-corrected chi connectivity index (χ0v) is 15.9. The molecule has 0 heterocycles. The van der Waals surface area contributed by atoms with E-state index in [1.54, 1.807) is 0 Å². The van der Waals surface area contributed by atoms with Crippen molar-refractivity contribution in [1.82, 2.24) is 0 Å². The fourth-order valence-corrected chi connectivity index (χ4v) is 1.95. The third-order valence-electron chi connectivity index (χ3n) is 3.28. The molecule has 0 rings (SSSR count). The highest BCUT2D eigenvalue weighted by atomic mass is 17.2. The van der Waals surface area contributed by atoms with Crippen molar-refractivity contribution in [2.24, 2.45) is 0 Å². The number of ether oxygens (including phenoxy) is 2. The minimum absolute atomic E-state index is 0.190. The van der Waals surface area contributed by atoms with Crippen molar-refractivity contribution in [2.75, 3.05) is 13.2 Å². The largest absolute Gasteiger partial charge is 0.508 e. The molecule has 0 bridgehead atoms. The monoisotopic (exact) mass is 332 g/mol. The van der Waals surface area contributed by atoms with E-state index in [0.717, 1.165) is 38.5 Å². The van der Waals surface area contributed by atoms with E-state index in [4.69, 9.17) is 19.2 Å². The van der Waals surface area contributed by atoms with Crippen LogP contribution < -0.4 is 0 Å². The van der Waals surface area contributed by atoms with Crippen LogP contribution in [0.15, 0.2) is 0 Å². The number of carbonyl (C=O) groups is 1. The van der Waals surface area contributed by atoms with Gasteiger partial charge in [0.25, 0.3) is 0 Å². The average Bonchev–Trinajstić information content (AvgIpc) is 2.43. The molecule has 0 fully saturated rings. The molecule has 5 heteroatoms. The molecule has 0 aliphatic carbocycles. The number of hydrogen-bond acceptors (Lipinski definition) is 5. The summed E-state index contributed by atoms with van der Waals surface area (Å²) < 4.78 is 10.6. The van der Waals surface area contributed by atoms with E-state index < -0.39 is 17.4 Å². The van der Waals surface area contributed by atoms with Gasteiger partial charge in [0, 0.05) is 0 Å². The van der Waals surface area contributed by atoms with Crippen LogP contribution in [0.2, 0.25) is 0 Å². The van der Waals surface area contributed by atoms with Gasteiger partial charge in [-0.1, -0.05) is 39.5 Å². The standard InChI is InChI=1S/C18H36O5/c1-7-9-11-12-14-20-16(19)22-18(6,13-10-8-2)15-21-23-17(3,4)5/h7-15H2,1-6H3. The Bertz CT molecular complexity index is 311. The van der Waals surface area contributed by atoms with E-state index in [1.807, 2.05) is 27.7 Å². The third kappa shape index (κ3) is 13.3. The second-order valence-corrected chi connectivity index (χ2v) is 7.27. The summed E-state index contributed by atoms with van der Waals surface area (Å²) in [6, 6.07) is 0. The lowest BCUT2D eigenvalue weighted by Gasteiger charge is -2.29. The summed E-state index contributed by atoms with van der Waals surface area (Å²) in [5, 5.41) is 0. The molecule has 0 aromatic carbocycles. The normalized spacial score (nSPS) is 14.3. The minimum atomic E-state index is -0.734. The van der Waals surface area contributed by atoms with Gasteiger partial charge >= 0.3 is 6.16 Å². The van der Waals surface area contributed by atoms with Crippen molar-refractivity contribution >= 4 is 6.16 Å². The maximum Gasteiger partial charge on any atom is 0.508 e. The molecule has 23 heavy (non-hydrogen) atoms. The number of carbonyl (C=O) groups excluding carboxylic acids is 1. The smallest absolute Gasteiger partial charge is 0.434 e. The lowest BCUT2D eigenvalue weighted by Crippen LogP contribution is -2.38. The lowest BCUT2D eigenvalue weighted by molar-refractivity contribution is -0.363. The van der Waals surface area contributed by atoms with Gasteiger partial charge in [0.05, 0.1) is 12.2 Å². The van der Waals surface area contributed by atoms with Crippen LogP contribution in [0.25, 0.3) is 0 Å². The van der Waals surface area contributed by atoms with Gasteiger partial charge in [-0.25, -0.2) is 14.6 Å². The summed E-state index contributed by atoms with van der Waals surface area (Å²) in [5.41, 5.74) is -1.13. The first kappa shape index (κ1) is 22.2. The Morgan fingerprint density at radius 1 is 0.913 bits per heavy atom. The van der Waals surface area contributed by atoms with Gasteiger partial charge < -0.3 is 9.47 Å². The molecule has 0 aromatic heterocycles. The SMILES string of the molecule is CCCCCCOC(=O)OC(C)(CCCC)COOC(C)(C)C. The van der Waals surface area contributed by atoms with Crippen molar-refractivity contribution in [3.8, 4) is 0 Å². The molecule has 0 spiro atoms. The maximum atomic E-state index is 11.9. The highest BCUT2D eigenvalue weighted by Crippen LogP contribution is 2.22. The highest BCUT2D eigenvalue weighted by Gasteiger charge is 2.31. The Morgan fingerprint density at radius 3 is 2.13 bits per heavy atom. The molecule has 1 atom stereocenters. The van der Waals surface area contributed by atoms with Crippen molar-refractivity contribution in [3.63, 3.8) is 0 Å². The van der Waals surface area contributed by atoms with Crippen LogP contribution >= 0.6 is 0 Å². The summed E-state index contributed by atoms with van der Waals surface area (Å²) in [4.78, 5) is 22.4.